The van der Waals surface area contributed by atoms with Gasteiger partial charge in [-0.15, -0.1) is 0 Å². The SMILES string of the molecule is CCOC(=O)C(=O)CC(=O)C=Cc1ccc(Cl)cc1. The van der Waals surface area contributed by atoms with Crippen molar-refractivity contribution in [1.82, 2.24) is 0 Å². The number of allylic oxidation sites excluding steroid dienone is 1. The van der Waals surface area contributed by atoms with E-state index >= 15 is 0 Å². The summed E-state index contributed by atoms with van der Waals surface area (Å²) in [5.41, 5.74) is 0.779. The third-order valence-electron chi connectivity index (χ3n) is 2.17. The number of carbonyl (C=O) groups is 3. The molecule has 0 aliphatic rings. The monoisotopic (exact) mass is 280 g/mol. The van der Waals surface area contributed by atoms with Crippen molar-refractivity contribution in [2.24, 2.45) is 0 Å². The number of rotatable bonds is 6. The van der Waals surface area contributed by atoms with E-state index in [-0.39, 0.29) is 6.61 Å². The van der Waals surface area contributed by atoms with E-state index in [9.17, 15) is 14.4 Å². The van der Waals surface area contributed by atoms with E-state index in [0.29, 0.717) is 5.02 Å². The van der Waals surface area contributed by atoms with Gasteiger partial charge in [0.1, 0.15) is 0 Å². The van der Waals surface area contributed by atoms with Crippen molar-refractivity contribution < 1.29 is 19.1 Å². The molecule has 0 N–H and O–H groups in total. The summed E-state index contributed by atoms with van der Waals surface area (Å²) in [6, 6.07) is 6.85. The summed E-state index contributed by atoms with van der Waals surface area (Å²) in [5.74, 6) is -2.27. The zero-order valence-corrected chi connectivity index (χ0v) is 11.1. The molecule has 100 valence electrons. The van der Waals surface area contributed by atoms with Crippen LogP contribution in [0.2, 0.25) is 5.02 Å². The first kappa shape index (κ1) is 15.1. The van der Waals surface area contributed by atoms with Crippen molar-refractivity contribution in [2.45, 2.75) is 13.3 Å². The van der Waals surface area contributed by atoms with Gasteiger partial charge >= 0.3 is 5.97 Å². The number of ether oxygens (including phenoxy) is 1. The highest BCUT2D eigenvalue weighted by molar-refractivity contribution is 6.37. The molecule has 0 fully saturated rings. The summed E-state index contributed by atoms with van der Waals surface area (Å²) in [5, 5.41) is 0.598. The third-order valence-corrected chi connectivity index (χ3v) is 2.42. The van der Waals surface area contributed by atoms with E-state index in [2.05, 4.69) is 4.74 Å². The molecule has 0 bridgehead atoms. The molecule has 1 aromatic rings. The normalized spacial score (nSPS) is 10.4. The Labute approximate surface area is 116 Å². The number of halogens is 1. The Balaban J connectivity index is 2.53. The van der Waals surface area contributed by atoms with Crippen LogP contribution in [-0.2, 0) is 19.1 Å². The largest absolute Gasteiger partial charge is 0.460 e. The lowest BCUT2D eigenvalue weighted by molar-refractivity contribution is -0.154. The molecule has 0 saturated carbocycles. The van der Waals surface area contributed by atoms with Crippen molar-refractivity contribution in [3.8, 4) is 0 Å². The van der Waals surface area contributed by atoms with Gasteiger partial charge in [-0.05, 0) is 30.7 Å². The molecule has 0 atom stereocenters. The Bertz CT molecular complexity index is 503. The first-order valence-electron chi connectivity index (χ1n) is 5.69. The van der Waals surface area contributed by atoms with Crippen LogP contribution in [0.15, 0.2) is 30.3 Å². The van der Waals surface area contributed by atoms with Crippen LogP contribution in [0, 0.1) is 0 Å². The van der Waals surface area contributed by atoms with Crippen LogP contribution in [0.5, 0.6) is 0 Å². The highest BCUT2D eigenvalue weighted by Gasteiger charge is 2.17. The second-order valence-electron chi connectivity index (χ2n) is 3.67. The summed E-state index contributed by atoms with van der Waals surface area (Å²) in [7, 11) is 0. The molecular weight excluding hydrogens is 268 g/mol. The van der Waals surface area contributed by atoms with E-state index in [1.54, 1.807) is 37.3 Å². The van der Waals surface area contributed by atoms with Crippen molar-refractivity contribution in [3.05, 3.63) is 40.9 Å². The lowest BCUT2D eigenvalue weighted by Gasteiger charge is -1.98. The van der Waals surface area contributed by atoms with Gasteiger partial charge in [-0.25, -0.2) is 4.79 Å². The minimum atomic E-state index is -0.976. The van der Waals surface area contributed by atoms with Crippen LogP contribution in [-0.4, -0.2) is 24.1 Å². The molecule has 0 saturated heterocycles. The fourth-order valence-corrected chi connectivity index (χ4v) is 1.39. The Morgan fingerprint density at radius 1 is 1.21 bits per heavy atom. The maximum atomic E-state index is 11.5. The molecule has 0 radical (unpaired) electrons. The number of ketones is 2. The predicted molar refractivity (Wildman–Crippen MR) is 71.8 cm³/mol. The number of Topliss-reactive ketones (excluding diaryl/α,β-unsaturated/α-hetero) is 1. The molecule has 0 aliphatic heterocycles. The van der Waals surface area contributed by atoms with E-state index in [4.69, 9.17) is 11.6 Å². The summed E-state index contributed by atoms with van der Waals surface area (Å²) >= 11 is 5.72. The Kier molecular flexibility index (Phi) is 5.96. The molecule has 0 heterocycles. The van der Waals surface area contributed by atoms with Gasteiger partial charge in [0.25, 0.3) is 0 Å². The summed E-state index contributed by atoms with van der Waals surface area (Å²) < 4.78 is 4.50. The van der Waals surface area contributed by atoms with E-state index in [1.165, 1.54) is 6.08 Å². The minimum Gasteiger partial charge on any atom is -0.460 e. The van der Waals surface area contributed by atoms with E-state index < -0.39 is 24.0 Å². The van der Waals surface area contributed by atoms with Crippen LogP contribution in [0.3, 0.4) is 0 Å². The second-order valence-corrected chi connectivity index (χ2v) is 4.11. The molecule has 0 spiro atoms. The summed E-state index contributed by atoms with van der Waals surface area (Å²) in [6.45, 7) is 1.70. The Morgan fingerprint density at radius 2 is 1.84 bits per heavy atom. The van der Waals surface area contributed by atoms with Gasteiger partial charge in [-0.1, -0.05) is 29.8 Å². The number of carbonyl (C=O) groups excluding carboxylic acids is 3. The summed E-state index contributed by atoms with van der Waals surface area (Å²) in [4.78, 5) is 33.7. The highest BCUT2D eigenvalue weighted by Crippen LogP contribution is 2.10. The fourth-order valence-electron chi connectivity index (χ4n) is 1.26. The number of esters is 1. The van der Waals surface area contributed by atoms with Crippen LogP contribution in [0.4, 0.5) is 0 Å². The number of hydrogen-bond donors (Lipinski definition) is 0. The Hall–Kier alpha value is -1.94. The lowest BCUT2D eigenvalue weighted by Crippen LogP contribution is -2.19. The maximum absolute atomic E-state index is 11.5. The van der Waals surface area contributed by atoms with Gasteiger partial charge < -0.3 is 4.74 Å². The first-order chi connectivity index (χ1) is 9.02. The molecule has 0 unspecified atom stereocenters. The first-order valence-corrected chi connectivity index (χ1v) is 6.07. The quantitative estimate of drug-likeness (QED) is 0.347. The highest BCUT2D eigenvalue weighted by atomic mass is 35.5. The van der Waals surface area contributed by atoms with Gasteiger partial charge in [0, 0.05) is 5.02 Å². The van der Waals surface area contributed by atoms with Crippen LogP contribution >= 0.6 is 11.6 Å². The topological polar surface area (TPSA) is 60.4 Å². The third kappa shape index (κ3) is 5.48. The number of hydrogen-bond acceptors (Lipinski definition) is 4. The molecule has 19 heavy (non-hydrogen) atoms. The average Bonchev–Trinajstić information content (AvgIpc) is 2.38. The molecule has 4 nitrogen and oxygen atoms in total. The van der Waals surface area contributed by atoms with Crippen LogP contribution in [0.1, 0.15) is 18.9 Å². The molecule has 0 amide bonds. The van der Waals surface area contributed by atoms with Crippen LogP contribution < -0.4 is 0 Å². The zero-order chi connectivity index (χ0) is 14.3. The Morgan fingerprint density at radius 3 is 2.42 bits per heavy atom. The van der Waals surface area contributed by atoms with E-state index in [0.717, 1.165) is 5.56 Å². The van der Waals surface area contributed by atoms with Crippen molar-refractivity contribution >= 4 is 35.2 Å². The smallest absolute Gasteiger partial charge is 0.375 e. The molecule has 1 rings (SSSR count). The molecule has 0 aromatic heterocycles. The second kappa shape index (κ2) is 7.48. The van der Waals surface area contributed by atoms with Gasteiger partial charge in [0.2, 0.25) is 5.78 Å². The molecule has 1 aromatic carbocycles. The lowest BCUT2D eigenvalue weighted by atomic mass is 10.1. The van der Waals surface area contributed by atoms with Gasteiger partial charge in [0.15, 0.2) is 5.78 Å². The van der Waals surface area contributed by atoms with Crippen molar-refractivity contribution in [2.75, 3.05) is 6.61 Å². The van der Waals surface area contributed by atoms with Crippen molar-refractivity contribution in [3.63, 3.8) is 0 Å². The molecule has 5 heteroatoms. The average molecular weight is 281 g/mol. The van der Waals surface area contributed by atoms with Crippen LogP contribution in [0.25, 0.3) is 6.08 Å². The molecular formula is C14H13ClO4. The van der Waals surface area contributed by atoms with Gasteiger partial charge in [-0.3, -0.25) is 9.59 Å². The zero-order valence-electron chi connectivity index (χ0n) is 10.4. The summed E-state index contributed by atoms with van der Waals surface area (Å²) in [6.07, 6.45) is 2.32. The van der Waals surface area contributed by atoms with Gasteiger partial charge in [-0.2, -0.15) is 0 Å². The van der Waals surface area contributed by atoms with Crippen molar-refractivity contribution in [1.29, 1.82) is 0 Å². The standard InChI is InChI=1S/C14H13ClO4/c1-2-19-14(18)13(17)9-12(16)8-5-10-3-6-11(15)7-4-10/h3-8H,2,9H2,1H3. The predicted octanol–water partition coefficient (Wildman–Crippen LogP) is 2.44. The minimum absolute atomic E-state index is 0.110. The van der Waals surface area contributed by atoms with E-state index in [1.807, 2.05) is 0 Å². The fraction of sp³-hybridized carbons (Fsp3) is 0.214. The number of benzene rings is 1. The van der Waals surface area contributed by atoms with Gasteiger partial charge in [0.05, 0.1) is 13.0 Å². The maximum Gasteiger partial charge on any atom is 0.375 e. The molecule has 0 aliphatic carbocycles.